The summed E-state index contributed by atoms with van der Waals surface area (Å²) in [5.41, 5.74) is 1.84. The summed E-state index contributed by atoms with van der Waals surface area (Å²) in [7, 11) is 0. The Balaban J connectivity index is 1.80. The molecule has 0 saturated heterocycles. The predicted octanol–water partition coefficient (Wildman–Crippen LogP) is 0.947. The van der Waals surface area contributed by atoms with Crippen molar-refractivity contribution in [2.24, 2.45) is 0 Å². The molecule has 0 saturated carbocycles. The third-order valence-electron chi connectivity index (χ3n) is 2.96. The Morgan fingerprint density at radius 2 is 2.10 bits per heavy atom. The topological polar surface area (TPSA) is 78.5 Å². The van der Waals surface area contributed by atoms with E-state index in [0.717, 1.165) is 11.3 Å². The van der Waals surface area contributed by atoms with E-state index < -0.39 is 0 Å². The Bertz CT molecular complexity index is 528. The van der Waals surface area contributed by atoms with Crippen LogP contribution in [0.2, 0.25) is 0 Å². The lowest BCUT2D eigenvalue weighted by Crippen LogP contribution is -2.33. The van der Waals surface area contributed by atoms with Crippen molar-refractivity contribution in [3.63, 3.8) is 0 Å². The van der Waals surface area contributed by atoms with Crippen molar-refractivity contribution in [3.05, 3.63) is 53.9 Å². The highest BCUT2D eigenvalue weighted by Gasteiger charge is 2.12. The normalized spacial score (nSPS) is 10.8. The summed E-state index contributed by atoms with van der Waals surface area (Å²) in [4.78, 5) is 13.7. The molecule has 0 bridgehead atoms. The van der Waals surface area contributed by atoms with Gasteiger partial charge < -0.3 is 9.84 Å². The van der Waals surface area contributed by atoms with Crippen molar-refractivity contribution < 1.29 is 14.6 Å². The molecule has 1 heterocycles. The molecular formula is C15H19N3O3. The van der Waals surface area contributed by atoms with Crippen LogP contribution in [0.15, 0.2) is 42.6 Å². The molecule has 1 aromatic heterocycles. The Labute approximate surface area is 123 Å². The van der Waals surface area contributed by atoms with Crippen molar-refractivity contribution >= 4 is 5.97 Å². The zero-order valence-corrected chi connectivity index (χ0v) is 11.7. The molecule has 0 atom stereocenters. The molecular weight excluding hydrogens is 270 g/mol. The van der Waals surface area contributed by atoms with Crippen LogP contribution in [0.4, 0.5) is 0 Å². The minimum atomic E-state index is -0.313. The van der Waals surface area contributed by atoms with Gasteiger partial charge in [0.15, 0.2) is 0 Å². The van der Waals surface area contributed by atoms with Crippen molar-refractivity contribution in [1.82, 2.24) is 15.1 Å². The summed E-state index contributed by atoms with van der Waals surface area (Å²) < 4.78 is 5.24. The minimum absolute atomic E-state index is 0.0138. The quantitative estimate of drug-likeness (QED) is 0.707. The number of aliphatic hydroxyl groups is 1. The van der Waals surface area contributed by atoms with E-state index in [-0.39, 0.29) is 25.7 Å². The molecule has 0 radical (unpaired) electrons. The number of ether oxygens (including phenoxy) is 1. The Morgan fingerprint density at radius 1 is 1.29 bits per heavy atom. The fraction of sp³-hybridized carbons (Fsp3) is 0.333. The SMILES string of the molecule is O=C(CN(CCO)Cc1ccn[nH]1)OCc1ccccc1. The maximum atomic E-state index is 11.9. The van der Waals surface area contributed by atoms with Gasteiger partial charge in [0, 0.05) is 25.0 Å². The summed E-state index contributed by atoms with van der Waals surface area (Å²) in [6.07, 6.45) is 1.65. The smallest absolute Gasteiger partial charge is 0.320 e. The second-order valence-electron chi connectivity index (χ2n) is 4.66. The summed E-state index contributed by atoms with van der Waals surface area (Å²) in [6, 6.07) is 11.4. The first kappa shape index (κ1) is 15.2. The number of carbonyl (C=O) groups excluding carboxylic acids is 1. The van der Waals surface area contributed by atoms with Crippen LogP contribution in [0.3, 0.4) is 0 Å². The number of benzene rings is 1. The number of nitrogens with one attached hydrogen (secondary N) is 1. The number of esters is 1. The highest BCUT2D eigenvalue weighted by atomic mass is 16.5. The summed E-state index contributed by atoms with van der Waals surface area (Å²) in [6.45, 7) is 1.30. The van der Waals surface area contributed by atoms with Gasteiger partial charge in [-0.2, -0.15) is 5.10 Å². The minimum Gasteiger partial charge on any atom is -0.460 e. The number of hydrogen-bond acceptors (Lipinski definition) is 5. The van der Waals surface area contributed by atoms with Gasteiger partial charge in [0.05, 0.1) is 13.2 Å². The standard InChI is InChI=1S/C15H19N3O3/c19-9-8-18(10-14-6-7-16-17-14)11-15(20)21-12-13-4-2-1-3-5-13/h1-7,19H,8-12H2,(H,16,17). The van der Waals surface area contributed by atoms with Crippen molar-refractivity contribution in [2.75, 3.05) is 19.7 Å². The molecule has 0 aliphatic heterocycles. The van der Waals surface area contributed by atoms with Crippen LogP contribution < -0.4 is 0 Å². The molecule has 0 unspecified atom stereocenters. The molecule has 2 rings (SSSR count). The summed E-state index contributed by atoms with van der Waals surface area (Å²) >= 11 is 0. The van der Waals surface area contributed by atoms with Gasteiger partial charge in [-0.3, -0.25) is 14.8 Å². The molecule has 0 fully saturated rings. The van der Waals surface area contributed by atoms with Gasteiger partial charge in [0.25, 0.3) is 0 Å². The van der Waals surface area contributed by atoms with Crippen molar-refractivity contribution in [3.8, 4) is 0 Å². The zero-order chi connectivity index (χ0) is 14.9. The fourth-order valence-corrected chi connectivity index (χ4v) is 1.94. The predicted molar refractivity (Wildman–Crippen MR) is 77.2 cm³/mol. The molecule has 112 valence electrons. The van der Waals surface area contributed by atoms with E-state index in [9.17, 15) is 4.79 Å². The highest BCUT2D eigenvalue weighted by molar-refractivity contribution is 5.71. The van der Waals surface area contributed by atoms with Crippen LogP contribution in [-0.2, 0) is 22.7 Å². The Kier molecular flexibility index (Phi) is 5.93. The van der Waals surface area contributed by atoms with Crippen LogP contribution in [0.25, 0.3) is 0 Å². The van der Waals surface area contributed by atoms with E-state index in [1.54, 1.807) is 11.1 Å². The van der Waals surface area contributed by atoms with Gasteiger partial charge in [0.2, 0.25) is 0 Å². The fourth-order valence-electron chi connectivity index (χ4n) is 1.94. The Morgan fingerprint density at radius 3 is 2.76 bits per heavy atom. The van der Waals surface area contributed by atoms with Gasteiger partial charge in [-0.1, -0.05) is 30.3 Å². The maximum Gasteiger partial charge on any atom is 0.320 e. The molecule has 2 aromatic rings. The number of aromatic nitrogens is 2. The molecule has 21 heavy (non-hydrogen) atoms. The second-order valence-corrected chi connectivity index (χ2v) is 4.66. The van der Waals surface area contributed by atoms with E-state index in [1.807, 2.05) is 36.4 Å². The molecule has 2 N–H and O–H groups in total. The maximum absolute atomic E-state index is 11.9. The number of aliphatic hydroxyl groups excluding tert-OH is 1. The summed E-state index contributed by atoms with van der Waals surface area (Å²) in [5.74, 6) is -0.313. The Hall–Kier alpha value is -2.18. The van der Waals surface area contributed by atoms with E-state index in [1.165, 1.54) is 0 Å². The van der Waals surface area contributed by atoms with Crippen LogP contribution in [0, 0.1) is 0 Å². The first-order valence-electron chi connectivity index (χ1n) is 6.79. The van der Waals surface area contributed by atoms with Crippen molar-refractivity contribution in [2.45, 2.75) is 13.2 Å². The summed E-state index contributed by atoms with van der Waals surface area (Å²) in [5, 5.41) is 15.8. The molecule has 1 aromatic carbocycles. The first-order valence-corrected chi connectivity index (χ1v) is 6.79. The first-order chi connectivity index (χ1) is 10.3. The molecule has 6 heteroatoms. The molecule has 0 amide bonds. The monoisotopic (exact) mass is 289 g/mol. The van der Waals surface area contributed by atoms with Crippen LogP contribution in [0.5, 0.6) is 0 Å². The number of aromatic amines is 1. The van der Waals surface area contributed by atoms with Crippen molar-refractivity contribution in [1.29, 1.82) is 0 Å². The number of hydrogen-bond donors (Lipinski definition) is 2. The van der Waals surface area contributed by atoms with E-state index in [0.29, 0.717) is 13.1 Å². The molecule has 0 aliphatic rings. The molecule has 0 aliphatic carbocycles. The van der Waals surface area contributed by atoms with Crippen LogP contribution in [0.1, 0.15) is 11.3 Å². The van der Waals surface area contributed by atoms with E-state index in [4.69, 9.17) is 9.84 Å². The van der Waals surface area contributed by atoms with Gasteiger partial charge in [-0.25, -0.2) is 0 Å². The third-order valence-corrected chi connectivity index (χ3v) is 2.96. The van der Waals surface area contributed by atoms with Gasteiger partial charge in [-0.15, -0.1) is 0 Å². The van der Waals surface area contributed by atoms with Gasteiger partial charge in [0.1, 0.15) is 6.61 Å². The van der Waals surface area contributed by atoms with E-state index >= 15 is 0 Å². The zero-order valence-electron chi connectivity index (χ0n) is 11.7. The molecule has 6 nitrogen and oxygen atoms in total. The highest BCUT2D eigenvalue weighted by Crippen LogP contribution is 2.03. The molecule has 0 spiro atoms. The average molecular weight is 289 g/mol. The lowest BCUT2D eigenvalue weighted by atomic mass is 10.2. The van der Waals surface area contributed by atoms with Crippen LogP contribution in [-0.4, -0.2) is 45.9 Å². The lowest BCUT2D eigenvalue weighted by molar-refractivity contribution is -0.146. The van der Waals surface area contributed by atoms with E-state index in [2.05, 4.69) is 10.2 Å². The number of carbonyl (C=O) groups is 1. The number of rotatable bonds is 8. The third kappa shape index (κ3) is 5.37. The van der Waals surface area contributed by atoms with Gasteiger partial charge in [-0.05, 0) is 11.6 Å². The number of nitrogens with zero attached hydrogens (tertiary/aromatic N) is 2. The van der Waals surface area contributed by atoms with Crippen LogP contribution >= 0.6 is 0 Å². The van der Waals surface area contributed by atoms with Gasteiger partial charge >= 0.3 is 5.97 Å². The average Bonchev–Trinajstić information content (AvgIpc) is 2.99. The number of H-pyrrole nitrogens is 1. The second kappa shape index (κ2) is 8.18. The lowest BCUT2D eigenvalue weighted by Gasteiger charge is -2.19. The largest absolute Gasteiger partial charge is 0.460 e.